The molecule has 2 heterocycles. The first-order chi connectivity index (χ1) is 16.0. The molecule has 0 unspecified atom stereocenters. The molecule has 2 aromatic carbocycles. The number of aromatic nitrogens is 4. The summed E-state index contributed by atoms with van der Waals surface area (Å²) in [5.74, 6) is 2.72. The minimum absolute atomic E-state index is 0.0185. The Labute approximate surface area is 203 Å². The van der Waals surface area contributed by atoms with Crippen molar-refractivity contribution in [2.45, 2.75) is 29.7 Å². The highest BCUT2D eigenvalue weighted by atomic mass is 79.9. The summed E-state index contributed by atoms with van der Waals surface area (Å²) in [6.07, 6.45) is 2.79. The number of rotatable bonds is 6. The van der Waals surface area contributed by atoms with Crippen molar-refractivity contribution in [3.8, 4) is 11.5 Å². The van der Waals surface area contributed by atoms with E-state index < -0.39 is 0 Å². The van der Waals surface area contributed by atoms with Gasteiger partial charge in [-0.25, -0.2) is 9.50 Å². The maximum Gasteiger partial charge on any atom is 0.253 e. The number of ether oxygens (including phenoxy) is 2. The van der Waals surface area contributed by atoms with Crippen molar-refractivity contribution >= 4 is 39.3 Å². The number of halogens is 1. The molecule has 0 saturated heterocycles. The molecule has 0 saturated carbocycles. The van der Waals surface area contributed by atoms with Gasteiger partial charge in [0.1, 0.15) is 11.5 Å². The molecule has 1 aliphatic carbocycles. The maximum atomic E-state index is 13.0. The molecule has 0 radical (unpaired) electrons. The Hall–Kier alpha value is -2.91. The molecule has 0 spiro atoms. The van der Waals surface area contributed by atoms with E-state index in [0.717, 1.165) is 27.2 Å². The second kappa shape index (κ2) is 9.15. The maximum absolute atomic E-state index is 13.0. The third-order valence-electron chi connectivity index (χ3n) is 5.72. The van der Waals surface area contributed by atoms with Gasteiger partial charge in [-0.05, 0) is 35.7 Å². The normalized spacial score (nSPS) is 15.5. The monoisotopic (exact) mass is 524 g/mol. The summed E-state index contributed by atoms with van der Waals surface area (Å²) in [5.41, 5.74) is 3.52. The van der Waals surface area contributed by atoms with Crippen molar-refractivity contribution in [3.05, 3.63) is 75.5 Å². The molecular weight excluding hydrogens is 504 g/mol. The Balaban J connectivity index is 1.40. The third kappa shape index (κ3) is 4.47. The predicted molar refractivity (Wildman–Crippen MR) is 129 cm³/mol. The van der Waals surface area contributed by atoms with Gasteiger partial charge < -0.3 is 9.47 Å². The summed E-state index contributed by atoms with van der Waals surface area (Å²) in [6.45, 7) is 0. The Kier molecular flexibility index (Phi) is 6.07. The smallest absolute Gasteiger partial charge is 0.253 e. The highest BCUT2D eigenvalue weighted by molar-refractivity contribution is 9.10. The molecule has 9 heteroatoms. The number of thioether (sulfide) groups is 1. The van der Waals surface area contributed by atoms with E-state index in [1.54, 1.807) is 36.7 Å². The van der Waals surface area contributed by atoms with E-state index in [0.29, 0.717) is 35.1 Å². The molecule has 0 fully saturated rings. The molecule has 1 atom stereocenters. The average molecular weight is 525 g/mol. The molecule has 0 amide bonds. The first kappa shape index (κ1) is 21.9. The quantitative estimate of drug-likeness (QED) is 0.324. The third-order valence-corrected chi connectivity index (χ3v) is 7.16. The van der Waals surface area contributed by atoms with Crippen LogP contribution < -0.4 is 9.47 Å². The van der Waals surface area contributed by atoms with Crippen LogP contribution in [-0.4, -0.2) is 39.6 Å². The molecule has 168 valence electrons. The molecule has 4 aromatic rings. The van der Waals surface area contributed by atoms with E-state index in [4.69, 9.17) is 14.5 Å². The van der Waals surface area contributed by atoms with Gasteiger partial charge in [-0.2, -0.15) is 4.98 Å². The van der Waals surface area contributed by atoms with Crippen LogP contribution in [0.4, 0.5) is 0 Å². The standard InChI is InChI=1S/C24H21BrN4O3S/c1-31-17-7-8-18(22(11-17)32-2)15-9-20-19(21(30)10-15)12-29-23(26-20)27-24(28-29)33-13-14-3-5-16(25)6-4-14/h3-8,11-12,15H,9-10,13H2,1-2H3/t15-/m0/s1. The lowest BCUT2D eigenvalue weighted by molar-refractivity contribution is 0.0962. The fraction of sp³-hybridized carbons (Fsp3) is 0.250. The van der Waals surface area contributed by atoms with Crippen LogP contribution in [0.25, 0.3) is 5.78 Å². The summed E-state index contributed by atoms with van der Waals surface area (Å²) in [7, 11) is 3.25. The molecule has 0 bridgehead atoms. The van der Waals surface area contributed by atoms with Crippen molar-refractivity contribution in [1.82, 2.24) is 19.6 Å². The van der Waals surface area contributed by atoms with Crippen LogP contribution in [-0.2, 0) is 12.2 Å². The Bertz CT molecular complexity index is 1340. The van der Waals surface area contributed by atoms with Gasteiger partial charge in [-0.15, -0.1) is 5.10 Å². The van der Waals surface area contributed by atoms with Crippen LogP contribution in [0.5, 0.6) is 11.5 Å². The second-order valence-corrected chi connectivity index (χ2v) is 9.65. The zero-order chi connectivity index (χ0) is 22.9. The van der Waals surface area contributed by atoms with Gasteiger partial charge >= 0.3 is 0 Å². The van der Waals surface area contributed by atoms with Crippen LogP contribution in [0.3, 0.4) is 0 Å². The molecular formula is C24H21BrN4O3S. The number of fused-ring (bicyclic) bond motifs is 2. The van der Waals surface area contributed by atoms with E-state index in [2.05, 4.69) is 38.1 Å². The Morgan fingerprint density at radius 2 is 1.91 bits per heavy atom. The first-order valence-electron chi connectivity index (χ1n) is 10.4. The number of carbonyl (C=O) groups excluding carboxylic acids is 1. The average Bonchev–Trinajstić information content (AvgIpc) is 3.23. The Morgan fingerprint density at radius 3 is 2.67 bits per heavy atom. The highest BCUT2D eigenvalue weighted by Crippen LogP contribution is 2.38. The van der Waals surface area contributed by atoms with Crippen LogP contribution >= 0.6 is 27.7 Å². The minimum Gasteiger partial charge on any atom is -0.497 e. The summed E-state index contributed by atoms with van der Waals surface area (Å²) >= 11 is 4.99. The number of methoxy groups -OCH3 is 2. The number of hydrogen-bond donors (Lipinski definition) is 0. The van der Waals surface area contributed by atoms with Gasteiger partial charge in [0.25, 0.3) is 5.78 Å². The van der Waals surface area contributed by atoms with Crippen molar-refractivity contribution in [1.29, 1.82) is 0 Å². The number of ketones is 1. The van der Waals surface area contributed by atoms with Crippen molar-refractivity contribution in [2.75, 3.05) is 14.2 Å². The lowest BCUT2D eigenvalue weighted by Gasteiger charge is -2.24. The van der Waals surface area contributed by atoms with E-state index >= 15 is 0 Å². The van der Waals surface area contributed by atoms with Gasteiger partial charge in [0.2, 0.25) is 5.16 Å². The van der Waals surface area contributed by atoms with Crippen molar-refractivity contribution < 1.29 is 14.3 Å². The SMILES string of the molecule is COc1ccc([C@@H]2CC(=O)c3cn4nc(SCc5ccc(Br)cc5)nc4nc3C2)c(OC)c1. The molecule has 33 heavy (non-hydrogen) atoms. The van der Waals surface area contributed by atoms with Gasteiger partial charge in [-0.1, -0.05) is 45.9 Å². The number of benzene rings is 2. The van der Waals surface area contributed by atoms with Crippen LogP contribution in [0.15, 0.2) is 58.3 Å². The summed E-state index contributed by atoms with van der Waals surface area (Å²) in [6, 6.07) is 13.9. The van der Waals surface area contributed by atoms with E-state index in [-0.39, 0.29) is 11.7 Å². The van der Waals surface area contributed by atoms with E-state index in [1.807, 2.05) is 30.3 Å². The first-order valence-corrected chi connectivity index (χ1v) is 12.2. The zero-order valence-electron chi connectivity index (χ0n) is 18.1. The van der Waals surface area contributed by atoms with Gasteiger partial charge in [0.15, 0.2) is 5.78 Å². The minimum atomic E-state index is -0.0185. The molecule has 1 aliphatic rings. The summed E-state index contributed by atoms with van der Waals surface area (Å²) < 4.78 is 13.5. The van der Waals surface area contributed by atoms with Gasteiger partial charge in [-0.3, -0.25) is 4.79 Å². The molecule has 7 nitrogen and oxygen atoms in total. The highest BCUT2D eigenvalue weighted by Gasteiger charge is 2.30. The summed E-state index contributed by atoms with van der Waals surface area (Å²) in [5, 5.41) is 5.16. The van der Waals surface area contributed by atoms with Crippen LogP contribution in [0, 0.1) is 0 Å². The van der Waals surface area contributed by atoms with Crippen molar-refractivity contribution in [3.63, 3.8) is 0 Å². The Morgan fingerprint density at radius 1 is 1.09 bits per heavy atom. The topological polar surface area (TPSA) is 78.6 Å². The van der Waals surface area contributed by atoms with Gasteiger partial charge in [0, 0.05) is 34.8 Å². The number of carbonyl (C=O) groups is 1. The number of nitrogens with zero attached hydrogens (tertiary/aromatic N) is 4. The fourth-order valence-electron chi connectivity index (χ4n) is 4.03. The second-order valence-electron chi connectivity index (χ2n) is 7.79. The predicted octanol–water partition coefficient (Wildman–Crippen LogP) is 5.11. The largest absolute Gasteiger partial charge is 0.497 e. The van der Waals surface area contributed by atoms with Gasteiger partial charge in [0.05, 0.1) is 25.5 Å². The zero-order valence-corrected chi connectivity index (χ0v) is 20.5. The van der Waals surface area contributed by atoms with E-state index in [9.17, 15) is 4.79 Å². The van der Waals surface area contributed by atoms with Crippen LogP contribution in [0.1, 0.15) is 39.5 Å². The molecule has 0 N–H and O–H groups in total. The lowest BCUT2D eigenvalue weighted by atomic mass is 9.82. The van der Waals surface area contributed by atoms with Crippen molar-refractivity contribution in [2.24, 2.45) is 0 Å². The molecule has 5 rings (SSSR count). The number of hydrogen-bond acceptors (Lipinski definition) is 7. The summed E-state index contributed by atoms with van der Waals surface area (Å²) in [4.78, 5) is 22.3. The fourth-order valence-corrected chi connectivity index (χ4v) is 5.07. The van der Waals surface area contributed by atoms with E-state index in [1.165, 1.54) is 5.56 Å². The lowest BCUT2D eigenvalue weighted by Crippen LogP contribution is -2.21. The van der Waals surface area contributed by atoms with Crippen LogP contribution in [0.2, 0.25) is 0 Å². The molecule has 2 aromatic heterocycles. The molecule has 0 aliphatic heterocycles. The number of Topliss-reactive ketones (excluding diaryl/α,β-unsaturated/α-hetero) is 1.